The summed E-state index contributed by atoms with van der Waals surface area (Å²) in [4.78, 5) is 4.37. The van der Waals surface area contributed by atoms with E-state index in [0.29, 0.717) is 12.4 Å². The Bertz CT molecular complexity index is 524. The fraction of sp³-hybridized carbons (Fsp3) is 0.583. The molecule has 6 heteroatoms. The molecule has 0 amide bonds. The Hall–Kier alpha value is -1.14. The van der Waals surface area contributed by atoms with E-state index in [9.17, 15) is 8.42 Å². The summed E-state index contributed by atoms with van der Waals surface area (Å²) >= 11 is 0. The molecular formula is C12H19N3O2S. The van der Waals surface area contributed by atoms with Gasteiger partial charge in [-0.05, 0) is 43.4 Å². The van der Waals surface area contributed by atoms with E-state index in [1.165, 1.54) is 6.26 Å². The van der Waals surface area contributed by atoms with E-state index in [4.69, 9.17) is 5.73 Å². The van der Waals surface area contributed by atoms with Crippen LogP contribution in [0.3, 0.4) is 0 Å². The summed E-state index contributed by atoms with van der Waals surface area (Å²) in [5, 5.41) is 3.16. The summed E-state index contributed by atoms with van der Waals surface area (Å²) < 4.78 is 23.2. The van der Waals surface area contributed by atoms with E-state index >= 15 is 0 Å². The SMILES string of the molecule is CS(=O)(=O)c1cccnc1NCC1(CCN)CC1. The normalized spacial score (nSPS) is 17.4. The van der Waals surface area contributed by atoms with Crippen molar-refractivity contribution in [2.75, 3.05) is 24.7 Å². The zero-order valence-corrected chi connectivity index (χ0v) is 11.3. The first kappa shape index (κ1) is 13.3. The third-order valence-electron chi connectivity index (χ3n) is 3.43. The molecule has 0 bridgehead atoms. The van der Waals surface area contributed by atoms with E-state index in [1.807, 2.05) is 0 Å². The van der Waals surface area contributed by atoms with Gasteiger partial charge in [-0.1, -0.05) is 0 Å². The lowest BCUT2D eigenvalue weighted by Gasteiger charge is -2.16. The number of pyridine rings is 1. The Morgan fingerprint density at radius 2 is 2.22 bits per heavy atom. The molecule has 1 aliphatic rings. The quantitative estimate of drug-likeness (QED) is 0.805. The lowest BCUT2D eigenvalue weighted by Crippen LogP contribution is -2.20. The van der Waals surface area contributed by atoms with Gasteiger partial charge in [0.1, 0.15) is 10.7 Å². The zero-order chi connectivity index (χ0) is 13.2. The van der Waals surface area contributed by atoms with E-state index < -0.39 is 9.84 Å². The minimum Gasteiger partial charge on any atom is -0.368 e. The molecular weight excluding hydrogens is 250 g/mol. The Kier molecular flexibility index (Phi) is 3.59. The number of sulfone groups is 1. The molecule has 0 aliphatic heterocycles. The minimum absolute atomic E-state index is 0.251. The lowest BCUT2D eigenvalue weighted by atomic mass is 10.0. The van der Waals surface area contributed by atoms with Crippen LogP contribution in [0.15, 0.2) is 23.2 Å². The first-order valence-corrected chi connectivity index (χ1v) is 7.95. The number of nitrogens with zero attached hydrogens (tertiary/aromatic N) is 1. The third-order valence-corrected chi connectivity index (χ3v) is 4.56. The third kappa shape index (κ3) is 3.00. The standard InChI is InChI=1S/C12H19N3O2S/c1-18(16,17)10-3-2-8-14-11(10)15-9-12(4-5-12)6-7-13/h2-3,8H,4-7,9,13H2,1H3,(H,14,15). The number of nitrogens with two attached hydrogens (primary N) is 1. The molecule has 0 unspecified atom stereocenters. The predicted octanol–water partition coefficient (Wildman–Crippen LogP) is 1.03. The number of anilines is 1. The summed E-state index contributed by atoms with van der Waals surface area (Å²) in [6, 6.07) is 3.21. The van der Waals surface area contributed by atoms with Crippen LogP contribution >= 0.6 is 0 Å². The molecule has 1 aliphatic carbocycles. The van der Waals surface area contributed by atoms with Crippen molar-refractivity contribution >= 4 is 15.7 Å². The molecule has 0 atom stereocenters. The summed E-state index contributed by atoms with van der Waals surface area (Å²) in [6.07, 6.45) is 6.07. The molecule has 0 aromatic carbocycles. The van der Waals surface area contributed by atoms with Crippen LogP contribution in [0, 0.1) is 5.41 Å². The monoisotopic (exact) mass is 269 g/mol. The van der Waals surface area contributed by atoms with Gasteiger partial charge in [-0.3, -0.25) is 0 Å². The van der Waals surface area contributed by atoms with E-state index in [0.717, 1.165) is 25.8 Å². The van der Waals surface area contributed by atoms with Crippen LogP contribution in [-0.4, -0.2) is 32.7 Å². The summed E-state index contributed by atoms with van der Waals surface area (Å²) in [6.45, 7) is 1.41. The van der Waals surface area contributed by atoms with Gasteiger partial charge in [-0.2, -0.15) is 0 Å². The van der Waals surface area contributed by atoms with Gasteiger partial charge in [0.2, 0.25) is 0 Å². The van der Waals surface area contributed by atoms with Crippen molar-refractivity contribution in [2.45, 2.75) is 24.2 Å². The van der Waals surface area contributed by atoms with E-state index in [-0.39, 0.29) is 10.3 Å². The number of hydrogen-bond acceptors (Lipinski definition) is 5. The smallest absolute Gasteiger partial charge is 0.179 e. The lowest BCUT2D eigenvalue weighted by molar-refractivity contribution is 0.500. The van der Waals surface area contributed by atoms with Crippen LogP contribution < -0.4 is 11.1 Å². The maximum absolute atomic E-state index is 11.6. The number of nitrogens with one attached hydrogen (secondary N) is 1. The Morgan fingerprint density at radius 3 is 2.78 bits per heavy atom. The van der Waals surface area contributed by atoms with Crippen molar-refractivity contribution in [3.8, 4) is 0 Å². The Balaban J connectivity index is 2.11. The van der Waals surface area contributed by atoms with Gasteiger partial charge in [-0.25, -0.2) is 13.4 Å². The molecule has 100 valence electrons. The van der Waals surface area contributed by atoms with Crippen molar-refractivity contribution in [1.29, 1.82) is 0 Å². The molecule has 1 fully saturated rings. The van der Waals surface area contributed by atoms with Gasteiger partial charge in [0.05, 0.1) is 0 Å². The Labute approximate surface area is 108 Å². The van der Waals surface area contributed by atoms with Crippen LogP contribution in [0.1, 0.15) is 19.3 Å². The van der Waals surface area contributed by atoms with Crippen LogP contribution in [0.4, 0.5) is 5.82 Å². The van der Waals surface area contributed by atoms with Crippen molar-refractivity contribution in [3.05, 3.63) is 18.3 Å². The molecule has 1 saturated carbocycles. The summed E-state index contributed by atoms with van der Waals surface area (Å²) in [7, 11) is -3.24. The fourth-order valence-corrected chi connectivity index (χ4v) is 2.89. The molecule has 1 aromatic rings. The number of rotatable bonds is 6. The molecule has 5 nitrogen and oxygen atoms in total. The van der Waals surface area contributed by atoms with Gasteiger partial charge in [-0.15, -0.1) is 0 Å². The highest BCUT2D eigenvalue weighted by Crippen LogP contribution is 2.48. The summed E-state index contributed by atoms with van der Waals surface area (Å²) in [5.41, 5.74) is 5.83. The van der Waals surface area contributed by atoms with Crippen LogP contribution in [0.25, 0.3) is 0 Å². The summed E-state index contributed by atoms with van der Waals surface area (Å²) in [5.74, 6) is 0.447. The average molecular weight is 269 g/mol. The molecule has 1 aromatic heterocycles. The molecule has 18 heavy (non-hydrogen) atoms. The van der Waals surface area contributed by atoms with Crippen LogP contribution in [-0.2, 0) is 9.84 Å². The molecule has 2 rings (SSSR count). The fourth-order valence-electron chi connectivity index (χ4n) is 2.09. The van der Waals surface area contributed by atoms with Gasteiger partial charge in [0.25, 0.3) is 0 Å². The number of hydrogen-bond donors (Lipinski definition) is 2. The Morgan fingerprint density at radius 1 is 1.50 bits per heavy atom. The van der Waals surface area contributed by atoms with E-state index in [2.05, 4.69) is 10.3 Å². The van der Waals surface area contributed by atoms with Crippen molar-refractivity contribution < 1.29 is 8.42 Å². The van der Waals surface area contributed by atoms with Crippen molar-refractivity contribution in [3.63, 3.8) is 0 Å². The van der Waals surface area contributed by atoms with Gasteiger partial charge in [0, 0.05) is 19.0 Å². The van der Waals surface area contributed by atoms with Gasteiger partial charge in [0.15, 0.2) is 9.84 Å². The molecule has 3 N–H and O–H groups in total. The highest BCUT2D eigenvalue weighted by molar-refractivity contribution is 7.90. The van der Waals surface area contributed by atoms with Crippen molar-refractivity contribution in [1.82, 2.24) is 4.98 Å². The largest absolute Gasteiger partial charge is 0.368 e. The molecule has 0 saturated heterocycles. The first-order chi connectivity index (χ1) is 8.47. The maximum Gasteiger partial charge on any atom is 0.179 e. The van der Waals surface area contributed by atoms with Crippen LogP contribution in [0.2, 0.25) is 0 Å². The maximum atomic E-state index is 11.6. The molecule has 0 spiro atoms. The van der Waals surface area contributed by atoms with E-state index in [1.54, 1.807) is 18.3 Å². The minimum atomic E-state index is -3.24. The van der Waals surface area contributed by atoms with Crippen molar-refractivity contribution in [2.24, 2.45) is 11.1 Å². The van der Waals surface area contributed by atoms with Gasteiger partial charge < -0.3 is 11.1 Å². The second kappa shape index (κ2) is 4.85. The zero-order valence-electron chi connectivity index (χ0n) is 10.5. The second-order valence-electron chi connectivity index (χ2n) is 5.01. The second-order valence-corrected chi connectivity index (χ2v) is 7.00. The average Bonchev–Trinajstić information content (AvgIpc) is 3.07. The highest BCUT2D eigenvalue weighted by atomic mass is 32.2. The van der Waals surface area contributed by atoms with Crippen LogP contribution in [0.5, 0.6) is 0 Å². The molecule has 0 radical (unpaired) electrons. The van der Waals surface area contributed by atoms with Gasteiger partial charge >= 0.3 is 0 Å². The molecule has 1 heterocycles. The number of aromatic nitrogens is 1. The highest BCUT2D eigenvalue weighted by Gasteiger charge is 2.41. The first-order valence-electron chi connectivity index (χ1n) is 6.06. The topological polar surface area (TPSA) is 85.1 Å². The predicted molar refractivity (Wildman–Crippen MR) is 71.2 cm³/mol.